The molecule has 3 rings (SSSR count). The average molecular weight is 354 g/mol. The predicted molar refractivity (Wildman–Crippen MR) is 103 cm³/mol. The summed E-state index contributed by atoms with van der Waals surface area (Å²) in [4.78, 5) is 27.3. The van der Waals surface area contributed by atoms with E-state index in [2.05, 4.69) is 5.32 Å². The van der Waals surface area contributed by atoms with Crippen molar-refractivity contribution in [2.24, 2.45) is 0 Å². The summed E-state index contributed by atoms with van der Waals surface area (Å²) in [7, 11) is 0. The second kappa shape index (κ2) is 7.74. The fourth-order valence-electron chi connectivity index (χ4n) is 3.05. The molecule has 0 saturated heterocycles. The first-order chi connectivity index (χ1) is 12.1. The van der Waals surface area contributed by atoms with Crippen molar-refractivity contribution in [1.29, 1.82) is 0 Å². The lowest BCUT2D eigenvalue weighted by molar-refractivity contribution is -0.120. The highest BCUT2D eigenvalue weighted by Crippen LogP contribution is 2.26. The third-order valence-electron chi connectivity index (χ3n) is 4.44. The standard InChI is InChI=1S/C20H22N2O2S/c1-14-7-9-16(10-8-14)21-19(23)18(11-12-25-2)22-13-15-5-3-4-6-17(15)20(22)24/h3-10,18H,11-13H2,1-2H3,(H,21,23). The molecule has 2 aromatic rings. The molecule has 2 amide bonds. The molecule has 0 aromatic heterocycles. The maximum absolute atomic E-state index is 12.9. The quantitative estimate of drug-likeness (QED) is 0.860. The molecule has 130 valence electrons. The molecule has 1 heterocycles. The van der Waals surface area contributed by atoms with Crippen LogP contribution in [0.3, 0.4) is 0 Å². The van der Waals surface area contributed by atoms with E-state index in [-0.39, 0.29) is 11.8 Å². The van der Waals surface area contributed by atoms with Crippen LogP contribution in [-0.4, -0.2) is 34.8 Å². The topological polar surface area (TPSA) is 49.4 Å². The summed E-state index contributed by atoms with van der Waals surface area (Å²) in [5, 5.41) is 2.96. The Balaban J connectivity index is 1.79. The Hall–Kier alpha value is -2.27. The number of benzene rings is 2. The van der Waals surface area contributed by atoms with Crippen molar-refractivity contribution in [3.05, 3.63) is 65.2 Å². The summed E-state index contributed by atoms with van der Waals surface area (Å²) in [5.74, 6) is 0.645. The number of fused-ring (bicyclic) bond motifs is 1. The molecule has 1 aliphatic heterocycles. The van der Waals surface area contributed by atoms with Gasteiger partial charge in [-0.2, -0.15) is 11.8 Å². The van der Waals surface area contributed by atoms with E-state index in [1.807, 2.05) is 61.7 Å². The lowest BCUT2D eigenvalue weighted by Gasteiger charge is -2.26. The number of rotatable bonds is 6. The number of amides is 2. The molecule has 0 saturated carbocycles. The highest BCUT2D eigenvalue weighted by atomic mass is 32.2. The molecule has 0 aliphatic carbocycles. The predicted octanol–water partition coefficient (Wildman–Crippen LogP) is 3.71. The molecule has 25 heavy (non-hydrogen) atoms. The molecule has 1 N–H and O–H groups in total. The lowest BCUT2D eigenvalue weighted by Crippen LogP contribution is -2.44. The SMILES string of the molecule is CSCCC(C(=O)Nc1ccc(C)cc1)N1Cc2ccccc2C1=O. The van der Waals surface area contributed by atoms with Crippen LogP contribution in [0.2, 0.25) is 0 Å². The van der Waals surface area contributed by atoms with Crippen LogP contribution in [0.5, 0.6) is 0 Å². The van der Waals surface area contributed by atoms with Crippen molar-refractivity contribution in [2.75, 3.05) is 17.3 Å². The number of hydrogen-bond donors (Lipinski definition) is 1. The number of nitrogens with one attached hydrogen (secondary N) is 1. The number of nitrogens with zero attached hydrogens (tertiary/aromatic N) is 1. The minimum Gasteiger partial charge on any atom is -0.324 e. The van der Waals surface area contributed by atoms with E-state index in [9.17, 15) is 9.59 Å². The van der Waals surface area contributed by atoms with Crippen molar-refractivity contribution >= 4 is 29.3 Å². The van der Waals surface area contributed by atoms with Crippen LogP contribution in [0.25, 0.3) is 0 Å². The van der Waals surface area contributed by atoms with Gasteiger partial charge in [0.2, 0.25) is 5.91 Å². The summed E-state index contributed by atoms with van der Waals surface area (Å²) >= 11 is 1.68. The van der Waals surface area contributed by atoms with Crippen molar-refractivity contribution in [3.8, 4) is 0 Å². The third-order valence-corrected chi connectivity index (χ3v) is 5.09. The fraction of sp³-hybridized carbons (Fsp3) is 0.300. The smallest absolute Gasteiger partial charge is 0.255 e. The largest absolute Gasteiger partial charge is 0.324 e. The first-order valence-electron chi connectivity index (χ1n) is 8.35. The number of carbonyl (C=O) groups is 2. The number of carbonyl (C=O) groups excluding carboxylic acids is 2. The Morgan fingerprint density at radius 1 is 1.20 bits per heavy atom. The lowest BCUT2D eigenvalue weighted by atomic mass is 10.1. The molecule has 0 radical (unpaired) electrons. The van der Waals surface area contributed by atoms with Gasteiger partial charge in [0, 0.05) is 17.8 Å². The van der Waals surface area contributed by atoms with Crippen LogP contribution < -0.4 is 5.32 Å². The second-order valence-corrected chi connectivity index (χ2v) is 7.23. The number of thioether (sulfide) groups is 1. The maximum Gasteiger partial charge on any atom is 0.255 e. The maximum atomic E-state index is 12.9. The monoisotopic (exact) mass is 354 g/mol. The fourth-order valence-corrected chi connectivity index (χ4v) is 3.51. The zero-order valence-corrected chi connectivity index (χ0v) is 15.3. The van der Waals surface area contributed by atoms with E-state index < -0.39 is 6.04 Å². The normalized spacial score (nSPS) is 14.3. The molecule has 0 bridgehead atoms. The van der Waals surface area contributed by atoms with Gasteiger partial charge in [-0.05, 0) is 49.1 Å². The zero-order valence-electron chi connectivity index (χ0n) is 14.5. The van der Waals surface area contributed by atoms with Crippen molar-refractivity contribution < 1.29 is 9.59 Å². The van der Waals surface area contributed by atoms with E-state index in [0.717, 1.165) is 22.6 Å². The molecule has 0 fully saturated rings. The van der Waals surface area contributed by atoms with E-state index in [1.165, 1.54) is 0 Å². The van der Waals surface area contributed by atoms with Crippen LogP contribution in [0, 0.1) is 6.92 Å². The molecule has 0 spiro atoms. The summed E-state index contributed by atoms with van der Waals surface area (Å²) < 4.78 is 0. The molecule has 1 aliphatic rings. The van der Waals surface area contributed by atoms with Crippen LogP contribution in [0.1, 0.15) is 27.9 Å². The number of anilines is 1. The number of hydrogen-bond acceptors (Lipinski definition) is 3. The Labute approximate surface area is 152 Å². The zero-order chi connectivity index (χ0) is 17.8. The van der Waals surface area contributed by atoms with Crippen LogP contribution in [0.15, 0.2) is 48.5 Å². The van der Waals surface area contributed by atoms with E-state index in [0.29, 0.717) is 18.5 Å². The third kappa shape index (κ3) is 3.87. The first kappa shape index (κ1) is 17.5. The molecule has 1 unspecified atom stereocenters. The van der Waals surface area contributed by atoms with Gasteiger partial charge in [-0.15, -0.1) is 0 Å². The van der Waals surface area contributed by atoms with Crippen molar-refractivity contribution in [1.82, 2.24) is 4.90 Å². The van der Waals surface area contributed by atoms with Gasteiger partial charge < -0.3 is 10.2 Å². The van der Waals surface area contributed by atoms with E-state index >= 15 is 0 Å². The molecular weight excluding hydrogens is 332 g/mol. The van der Waals surface area contributed by atoms with Gasteiger partial charge in [0.15, 0.2) is 0 Å². The Bertz CT molecular complexity index is 774. The molecule has 2 aromatic carbocycles. The molecule has 1 atom stereocenters. The van der Waals surface area contributed by atoms with Gasteiger partial charge in [0.05, 0.1) is 0 Å². The van der Waals surface area contributed by atoms with Crippen molar-refractivity contribution in [2.45, 2.75) is 25.9 Å². The minimum atomic E-state index is -0.464. The Morgan fingerprint density at radius 3 is 2.60 bits per heavy atom. The van der Waals surface area contributed by atoms with Gasteiger partial charge >= 0.3 is 0 Å². The number of aryl methyl sites for hydroxylation is 1. The summed E-state index contributed by atoms with van der Waals surface area (Å²) in [6.07, 6.45) is 2.65. The second-order valence-electron chi connectivity index (χ2n) is 6.24. The van der Waals surface area contributed by atoms with Crippen LogP contribution >= 0.6 is 11.8 Å². The van der Waals surface area contributed by atoms with Gasteiger partial charge in [-0.25, -0.2) is 0 Å². The molecule has 4 nitrogen and oxygen atoms in total. The first-order valence-corrected chi connectivity index (χ1v) is 9.75. The highest BCUT2D eigenvalue weighted by molar-refractivity contribution is 7.98. The summed E-state index contributed by atoms with van der Waals surface area (Å²) in [6, 6.07) is 14.8. The van der Waals surface area contributed by atoms with Crippen LogP contribution in [0.4, 0.5) is 5.69 Å². The Kier molecular flexibility index (Phi) is 5.43. The molecule has 5 heteroatoms. The molecular formula is C20H22N2O2S. The summed E-state index contributed by atoms with van der Waals surface area (Å²) in [5.41, 5.74) is 3.60. The van der Waals surface area contributed by atoms with Gasteiger partial charge in [0.25, 0.3) is 5.91 Å². The van der Waals surface area contributed by atoms with Gasteiger partial charge in [-0.3, -0.25) is 9.59 Å². The minimum absolute atomic E-state index is 0.0549. The van der Waals surface area contributed by atoms with Crippen molar-refractivity contribution in [3.63, 3.8) is 0 Å². The summed E-state index contributed by atoms with van der Waals surface area (Å²) in [6.45, 7) is 2.50. The van der Waals surface area contributed by atoms with E-state index in [1.54, 1.807) is 16.7 Å². The highest BCUT2D eigenvalue weighted by Gasteiger charge is 2.35. The van der Waals surface area contributed by atoms with Gasteiger partial charge in [-0.1, -0.05) is 35.9 Å². The average Bonchev–Trinajstić information content (AvgIpc) is 2.94. The van der Waals surface area contributed by atoms with E-state index in [4.69, 9.17) is 0 Å². The van der Waals surface area contributed by atoms with Crippen LogP contribution in [-0.2, 0) is 11.3 Å². The Morgan fingerprint density at radius 2 is 1.92 bits per heavy atom. The van der Waals surface area contributed by atoms with Gasteiger partial charge in [0.1, 0.15) is 6.04 Å².